The minimum atomic E-state index is 0.708. The van der Waals surface area contributed by atoms with E-state index in [0.717, 1.165) is 77.4 Å². The summed E-state index contributed by atoms with van der Waals surface area (Å²) in [5.74, 6) is 1.42. The average Bonchev–Trinajstić information content (AvgIpc) is 3.81. The first-order valence-corrected chi connectivity index (χ1v) is 17.0. The molecule has 0 amide bonds. The van der Waals surface area contributed by atoms with Crippen molar-refractivity contribution in [2.75, 3.05) is 0 Å². The number of nitrogens with zero attached hydrogens (tertiary/aromatic N) is 7. The lowest BCUT2D eigenvalue weighted by atomic mass is 9.98. The molecule has 244 valence electrons. The van der Waals surface area contributed by atoms with E-state index < -0.39 is 0 Å². The molecule has 6 aromatic heterocycles. The Balaban J connectivity index is 1.19. The number of pyridine rings is 3. The van der Waals surface area contributed by atoms with Crippen LogP contribution in [0.1, 0.15) is 22.3 Å². The molecule has 0 unspecified atom stereocenters. The fourth-order valence-corrected chi connectivity index (χ4v) is 7.87. The maximum absolute atomic E-state index is 6.61. The Morgan fingerprint density at radius 1 is 0.529 bits per heavy atom. The van der Waals surface area contributed by atoms with E-state index in [4.69, 9.17) is 14.7 Å². The van der Waals surface area contributed by atoms with Gasteiger partial charge in [-0.25, -0.2) is 24.9 Å². The quantitative estimate of drug-likeness (QED) is 0.175. The van der Waals surface area contributed by atoms with Crippen LogP contribution in [0.4, 0.5) is 0 Å². The highest BCUT2D eigenvalue weighted by Gasteiger charge is 2.20. The first-order chi connectivity index (χ1) is 24.9. The van der Waals surface area contributed by atoms with Gasteiger partial charge in [-0.1, -0.05) is 36.4 Å². The molecule has 0 saturated carbocycles. The number of rotatable bonds is 4. The number of hydrogen-bond acceptors (Lipinski definition) is 6. The van der Waals surface area contributed by atoms with Crippen LogP contribution in [0.5, 0.6) is 11.5 Å². The second-order valence-corrected chi connectivity index (χ2v) is 13.3. The van der Waals surface area contributed by atoms with Gasteiger partial charge >= 0.3 is 0 Å². The summed E-state index contributed by atoms with van der Waals surface area (Å²) < 4.78 is 10.8. The predicted octanol–water partition coefficient (Wildman–Crippen LogP) is 10.1. The normalized spacial score (nSPS) is 11.9. The van der Waals surface area contributed by atoms with Crippen molar-refractivity contribution in [3.05, 3.63) is 138 Å². The Morgan fingerprint density at radius 3 is 1.88 bits per heavy atom. The summed E-state index contributed by atoms with van der Waals surface area (Å²) in [6, 6.07) is 29.5. The third-order valence-electron chi connectivity index (χ3n) is 10.2. The zero-order chi connectivity index (χ0) is 34.4. The van der Waals surface area contributed by atoms with Gasteiger partial charge in [-0.05, 0) is 109 Å². The van der Waals surface area contributed by atoms with Crippen molar-refractivity contribution in [1.82, 2.24) is 33.7 Å². The molecule has 0 aliphatic rings. The third kappa shape index (κ3) is 4.36. The van der Waals surface area contributed by atoms with Crippen LogP contribution in [-0.2, 0) is 0 Å². The van der Waals surface area contributed by atoms with Crippen molar-refractivity contribution >= 4 is 54.9 Å². The molecule has 0 N–H and O–H groups in total. The summed E-state index contributed by atoms with van der Waals surface area (Å²) in [6.45, 7) is 8.61. The second kappa shape index (κ2) is 10.9. The van der Waals surface area contributed by atoms with Gasteiger partial charge in [0.15, 0.2) is 0 Å². The van der Waals surface area contributed by atoms with Crippen LogP contribution in [0.2, 0.25) is 0 Å². The van der Waals surface area contributed by atoms with Gasteiger partial charge in [-0.15, -0.1) is 0 Å². The zero-order valence-corrected chi connectivity index (χ0v) is 28.5. The van der Waals surface area contributed by atoms with E-state index >= 15 is 0 Å². The highest BCUT2D eigenvalue weighted by molar-refractivity contribution is 6.13. The Kier molecular flexibility index (Phi) is 6.26. The molecule has 0 fully saturated rings. The topological polar surface area (TPSA) is 82.5 Å². The molecule has 0 aliphatic carbocycles. The molecule has 4 aromatic carbocycles. The van der Waals surface area contributed by atoms with Gasteiger partial charge in [-0.2, -0.15) is 0 Å². The molecular weight excluding hydrogens is 631 g/mol. The number of aryl methyl sites for hydroxylation is 4. The van der Waals surface area contributed by atoms with Gasteiger partial charge in [0.2, 0.25) is 0 Å². The van der Waals surface area contributed by atoms with E-state index in [2.05, 4.69) is 114 Å². The van der Waals surface area contributed by atoms with Gasteiger partial charge in [0, 0.05) is 51.3 Å². The number of benzene rings is 4. The van der Waals surface area contributed by atoms with Crippen molar-refractivity contribution in [2.24, 2.45) is 0 Å². The van der Waals surface area contributed by atoms with Crippen molar-refractivity contribution < 1.29 is 4.74 Å². The van der Waals surface area contributed by atoms with Gasteiger partial charge < -0.3 is 4.74 Å². The molecule has 0 bridgehead atoms. The maximum Gasteiger partial charge on any atom is 0.149 e. The monoisotopic (exact) mass is 661 g/mol. The van der Waals surface area contributed by atoms with Crippen molar-refractivity contribution in [1.29, 1.82) is 0 Å². The highest BCUT2D eigenvalue weighted by Crippen LogP contribution is 2.39. The molecule has 0 saturated heterocycles. The maximum atomic E-state index is 6.61. The molecule has 0 spiro atoms. The molecule has 51 heavy (non-hydrogen) atoms. The number of fused-ring (bicyclic) bond motifs is 12. The van der Waals surface area contributed by atoms with Crippen molar-refractivity contribution in [2.45, 2.75) is 27.7 Å². The molecule has 0 atom stereocenters. The Hall–Kier alpha value is -6.67. The molecule has 10 aromatic rings. The summed E-state index contributed by atoms with van der Waals surface area (Å²) in [6.07, 6.45) is 9.11. The van der Waals surface area contributed by atoms with Gasteiger partial charge in [0.1, 0.15) is 40.4 Å². The smallest absolute Gasteiger partial charge is 0.149 e. The number of aromatic nitrogens is 7. The Labute approximate surface area is 292 Å². The Bertz CT molecular complexity index is 3020. The summed E-state index contributed by atoms with van der Waals surface area (Å²) in [7, 11) is 0. The van der Waals surface area contributed by atoms with Crippen LogP contribution < -0.4 is 4.74 Å². The molecule has 6 heterocycles. The molecule has 8 heteroatoms. The SMILES string of the molecule is Cc1cccc(C)c1-c1ccc2c3ccc(Oc4ccc5c6cncnc6n6ccnc6c5c4)cc3c3ncc(-c4c(C)cccc4C)n3c2n1. The van der Waals surface area contributed by atoms with Gasteiger partial charge in [0.05, 0.1) is 17.6 Å². The lowest BCUT2D eigenvalue weighted by Crippen LogP contribution is -2.00. The van der Waals surface area contributed by atoms with Gasteiger partial charge in [-0.3, -0.25) is 8.80 Å². The molecule has 0 aliphatic heterocycles. The van der Waals surface area contributed by atoms with Crippen LogP contribution in [-0.4, -0.2) is 33.7 Å². The summed E-state index contributed by atoms with van der Waals surface area (Å²) in [4.78, 5) is 24.0. The molecule has 10 rings (SSSR count). The molecule has 0 radical (unpaired) electrons. The Morgan fingerprint density at radius 2 is 1.16 bits per heavy atom. The van der Waals surface area contributed by atoms with Crippen LogP contribution in [0.3, 0.4) is 0 Å². The summed E-state index contributed by atoms with van der Waals surface area (Å²) >= 11 is 0. The van der Waals surface area contributed by atoms with Crippen LogP contribution in [0, 0.1) is 27.7 Å². The number of imidazole rings is 2. The summed E-state index contributed by atoms with van der Waals surface area (Å²) in [5, 5.41) is 6.04. The fraction of sp³-hybridized carbons (Fsp3) is 0.0930. The van der Waals surface area contributed by atoms with Gasteiger partial charge in [0.25, 0.3) is 0 Å². The van der Waals surface area contributed by atoms with E-state index in [0.29, 0.717) is 11.5 Å². The van der Waals surface area contributed by atoms with Crippen LogP contribution in [0.25, 0.3) is 77.4 Å². The summed E-state index contributed by atoms with van der Waals surface area (Å²) in [5.41, 5.74) is 12.4. The third-order valence-corrected chi connectivity index (χ3v) is 10.2. The fourth-order valence-electron chi connectivity index (χ4n) is 7.87. The van der Waals surface area contributed by atoms with E-state index in [1.165, 1.54) is 22.3 Å². The lowest BCUT2D eigenvalue weighted by Gasteiger charge is -2.16. The largest absolute Gasteiger partial charge is 0.457 e. The first kappa shape index (κ1) is 29.3. The average molecular weight is 662 g/mol. The molecule has 8 nitrogen and oxygen atoms in total. The van der Waals surface area contributed by atoms with Crippen LogP contribution >= 0.6 is 0 Å². The van der Waals surface area contributed by atoms with Crippen molar-refractivity contribution in [3.63, 3.8) is 0 Å². The van der Waals surface area contributed by atoms with Crippen LogP contribution in [0.15, 0.2) is 116 Å². The highest BCUT2D eigenvalue weighted by atomic mass is 16.5. The second-order valence-electron chi connectivity index (χ2n) is 13.3. The van der Waals surface area contributed by atoms with Crippen molar-refractivity contribution in [3.8, 4) is 34.0 Å². The standard InChI is InChI=1S/C43H31N7O/c1-24-7-5-8-25(2)38(24)36-16-15-32-30-13-11-29(20-34(30)42-46-22-37(50(42)43(32)48-36)39-26(3)9-6-10-27(39)4)51-28-12-14-31-33(19-28)40-45-17-18-49(40)41-35(31)21-44-23-47-41/h5-23H,1-4H3. The number of hydrogen-bond donors (Lipinski definition) is 0. The predicted molar refractivity (Wildman–Crippen MR) is 204 cm³/mol. The lowest BCUT2D eigenvalue weighted by molar-refractivity contribution is 0.484. The van der Waals surface area contributed by atoms with E-state index in [1.807, 2.05) is 41.2 Å². The van der Waals surface area contributed by atoms with E-state index in [1.54, 1.807) is 12.5 Å². The number of ether oxygens (including phenoxy) is 1. The first-order valence-electron chi connectivity index (χ1n) is 17.0. The molecular formula is C43H31N7O. The van der Waals surface area contributed by atoms with E-state index in [-0.39, 0.29) is 0 Å². The minimum absolute atomic E-state index is 0.708. The zero-order valence-electron chi connectivity index (χ0n) is 28.5. The van der Waals surface area contributed by atoms with E-state index in [9.17, 15) is 0 Å². The minimum Gasteiger partial charge on any atom is -0.457 e.